The minimum Gasteiger partial charge on any atom is -0.495 e. The summed E-state index contributed by atoms with van der Waals surface area (Å²) in [5, 5.41) is 2.94. The number of carbonyl (C=O) groups excluding carboxylic acids is 2. The number of ether oxygens (including phenoxy) is 2. The molecular formula is C29H35N5O4. The largest absolute Gasteiger partial charge is 0.495 e. The van der Waals surface area contributed by atoms with Gasteiger partial charge in [-0.2, -0.15) is 0 Å². The van der Waals surface area contributed by atoms with Crippen LogP contribution in [-0.4, -0.2) is 41.6 Å². The van der Waals surface area contributed by atoms with Gasteiger partial charge in [0.2, 0.25) is 0 Å². The molecule has 0 bridgehead atoms. The van der Waals surface area contributed by atoms with Crippen LogP contribution in [0.4, 0.5) is 5.69 Å². The van der Waals surface area contributed by atoms with Gasteiger partial charge in [0.25, 0.3) is 5.91 Å². The second-order valence-corrected chi connectivity index (χ2v) is 9.03. The molecule has 1 aliphatic carbocycles. The van der Waals surface area contributed by atoms with Gasteiger partial charge < -0.3 is 26.3 Å². The van der Waals surface area contributed by atoms with Crippen molar-refractivity contribution >= 4 is 23.6 Å². The topological polar surface area (TPSA) is 142 Å². The van der Waals surface area contributed by atoms with Gasteiger partial charge in [0.05, 0.1) is 24.4 Å². The van der Waals surface area contributed by atoms with E-state index in [0.717, 1.165) is 11.1 Å². The summed E-state index contributed by atoms with van der Waals surface area (Å²) in [6.45, 7) is 5.97. The standard InChI is InChI=1S/C29H35N5O4/c1-4-5-6-7-19(2)18-38-29(36)20-8-11-22(12-9-20)33-28(35)24(31)17-27-32-15-14-25(34-27)21-10-13-23(30)26(16-21)37-3/h4-7,10,13-17,20,22H,2,8-9,11-12,18,30-31H2,1,3H3,(H,33,35)/b5-4-,7-6-,24-17-. The molecule has 200 valence electrons. The minimum atomic E-state index is -0.400. The van der Waals surface area contributed by atoms with Crippen LogP contribution in [0.25, 0.3) is 17.3 Å². The number of rotatable bonds is 10. The van der Waals surface area contributed by atoms with Crippen molar-refractivity contribution in [2.24, 2.45) is 11.7 Å². The molecule has 1 aromatic carbocycles. The van der Waals surface area contributed by atoms with Crippen LogP contribution in [0.15, 0.2) is 72.6 Å². The van der Waals surface area contributed by atoms with Crippen molar-refractivity contribution in [3.8, 4) is 17.0 Å². The first-order valence-electron chi connectivity index (χ1n) is 12.5. The zero-order valence-corrected chi connectivity index (χ0v) is 21.9. The van der Waals surface area contributed by atoms with E-state index in [1.807, 2.05) is 37.3 Å². The number of nitrogens with zero attached hydrogens (tertiary/aromatic N) is 2. The van der Waals surface area contributed by atoms with Crippen molar-refractivity contribution in [3.05, 3.63) is 78.4 Å². The van der Waals surface area contributed by atoms with Crippen molar-refractivity contribution in [2.45, 2.75) is 38.6 Å². The average Bonchev–Trinajstić information content (AvgIpc) is 2.92. The first-order chi connectivity index (χ1) is 18.3. The zero-order chi connectivity index (χ0) is 27.5. The summed E-state index contributed by atoms with van der Waals surface area (Å²) in [5.41, 5.74) is 14.6. The van der Waals surface area contributed by atoms with Crippen molar-refractivity contribution in [1.29, 1.82) is 0 Å². The number of nitrogen functional groups attached to an aromatic ring is 1. The minimum absolute atomic E-state index is 0.00283. The Hall–Kier alpha value is -4.40. The van der Waals surface area contributed by atoms with Gasteiger partial charge in [-0.15, -0.1) is 0 Å². The molecule has 0 radical (unpaired) electrons. The number of allylic oxidation sites excluding steroid dienone is 3. The summed E-state index contributed by atoms with van der Waals surface area (Å²) in [6, 6.07) is 7.02. The summed E-state index contributed by atoms with van der Waals surface area (Å²) in [6.07, 6.45) is 13.1. The number of amides is 1. The number of nitrogens with one attached hydrogen (secondary N) is 1. The number of anilines is 1. The number of benzene rings is 1. The second kappa shape index (κ2) is 13.8. The Kier molecular flexibility index (Phi) is 10.2. The van der Waals surface area contributed by atoms with Crippen LogP contribution in [-0.2, 0) is 14.3 Å². The summed E-state index contributed by atoms with van der Waals surface area (Å²) in [4.78, 5) is 33.8. The van der Waals surface area contributed by atoms with Gasteiger partial charge in [0.15, 0.2) is 5.82 Å². The molecule has 0 spiro atoms. The lowest BCUT2D eigenvalue weighted by atomic mass is 9.86. The molecule has 1 heterocycles. The summed E-state index contributed by atoms with van der Waals surface area (Å²) in [5.74, 6) is 0.0303. The molecule has 5 N–H and O–H groups in total. The van der Waals surface area contributed by atoms with Crippen LogP contribution in [0.5, 0.6) is 5.75 Å². The van der Waals surface area contributed by atoms with Crippen molar-refractivity contribution < 1.29 is 19.1 Å². The molecule has 1 aromatic heterocycles. The van der Waals surface area contributed by atoms with Gasteiger partial charge in [-0.1, -0.05) is 36.9 Å². The van der Waals surface area contributed by atoms with Crippen molar-refractivity contribution in [2.75, 3.05) is 19.5 Å². The quantitative estimate of drug-likeness (QED) is 0.186. The van der Waals surface area contributed by atoms with Crippen LogP contribution in [0.3, 0.4) is 0 Å². The van der Waals surface area contributed by atoms with Crippen LogP contribution in [0.2, 0.25) is 0 Å². The second-order valence-electron chi connectivity index (χ2n) is 9.03. The van der Waals surface area contributed by atoms with E-state index in [4.69, 9.17) is 20.9 Å². The highest BCUT2D eigenvalue weighted by atomic mass is 16.5. The molecule has 0 atom stereocenters. The molecule has 0 saturated heterocycles. The van der Waals surface area contributed by atoms with Crippen LogP contribution >= 0.6 is 0 Å². The normalized spacial score (nSPS) is 17.9. The lowest BCUT2D eigenvalue weighted by Crippen LogP contribution is -2.40. The molecule has 1 aliphatic rings. The molecule has 38 heavy (non-hydrogen) atoms. The summed E-state index contributed by atoms with van der Waals surface area (Å²) >= 11 is 0. The molecule has 1 amide bonds. The molecule has 9 heteroatoms. The predicted molar refractivity (Wildman–Crippen MR) is 149 cm³/mol. The van der Waals surface area contributed by atoms with E-state index in [9.17, 15) is 9.59 Å². The SMILES string of the molecule is C=C(/C=C\C=C/C)COC(=O)C1CCC(NC(=O)/C(N)=C/c2nccc(-c3ccc(N)c(OC)c3)n2)CC1. The van der Waals surface area contributed by atoms with E-state index in [1.54, 1.807) is 31.5 Å². The number of nitrogens with two attached hydrogens (primary N) is 2. The number of esters is 1. The number of carbonyl (C=O) groups is 2. The molecule has 0 unspecified atom stereocenters. The molecule has 3 rings (SSSR count). The predicted octanol–water partition coefficient (Wildman–Crippen LogP) is 3.94. The smallest absolute Gasteiger partial charge is 0.309 e. The van der Waals surface area contributed by atoms with E-state index in [2.05, 4.69) is 21.9 Å². The van der Waals surface area contributed by atoms with Crippen LogP contribution in [0.1, 0.15) is 38.4 Å². The highest BCUT2D eigenvalue weighted by molar-refractivity contribution is 5.96. The fourth-order valence-electron chi connectivity index (χ4n) is 4.05. The highest BCUT2D eigenvalue weighted by Crippen LogP contribution is 2.28. The third-order valence-corrected chi connectivity index (χ3v) is 6.18. The van der Waals surface area contributed by atoms with E-state index in [0.29, 0.717) is 48.6 Å². The Labute approximate surface area is 223 Å². The maximum absolute atomic E-state index is 12.7. The van der Waals surface area contributed by atoms with E-state index < -0.39 is 5.91 Å². The van der Waals surface area contributed by atoms with Crippen LogP contribution < -0.4 is 21.5 Å². The fourth-order valence-corrected chi connectivity index (χ4v) is 4.05. The lowest BCUT2D eigenvalue weighted by Gasteiger charge is -2.28. The van der Waals surface area contributed by atoms with Gasteiger partial charge in [-0.25, -0.2) is 9.97 Å². The van der Waals surface area contributed by atoms with Gasteiger partial charge in [0, 0.05) is 23.9 Å². The third-order valence-electron chi connectivity index (χ3n) is 6.18. The molecule has 1 fully saturated rings. The maximum atomic E-state index is 12.7. The maximum Gasteiger partial charge on any atom is 0.309 e. The van der Waals surface area contributed by atoms with Crippen LogP contribution in [0, 0.1) is 5.92 Å². The number of hydrogen-bond donors (Lipinski definition) is 3. The first-order valence-corrected chi connectivity index (χ1v) is 12.5. The van der Waals surface area contributed by atoms with Gasteiger partial charge >= 0.3 is 5.97 Å². The summed E-state index contributed by atoms with van der Waals surface area (Å²) < 4.78 is 10.7. The Bertz CT molecular complexity index is 1240. The van der Waals surface area contributed by atoms with Crippen molar-refractivity contribution in [3.63, 3.8) is 0 Å². The summed E-state index contributed by atoms with van der Waals surface area (Å²) in [7, 11) is 1.55. The molecular weight excluding hydrogens is 482 g/mol. The number of hydrogen-bond acceptors (Lipinski definition) is 8. The Morgan fingerprint density at radius 1 is 1.18 bits per heavy atom. The molecule has 2 aromatic rings. The number of aromatic nitrogens is 2. The Balaban J connectivity index is 1.51. The molecule has 9 nitrogen and oxygen atoms in total. The first kappa shape index (κ1) is 28.2. The van der Waals surface area contributed by atoms with Crippen molar-refractivity contribution in [1.82, 2.24) is 15.3 Å². The van der Waals surface area contributed by atoms with E-state index >= 15 is 0 Å². The Morgan fingerprint density at radius 2 is 1.95 bits per heavy atom. The highest BCUT2D eigenvalue weighted by Gasteiger charge is 2.28. The fraction of sp³-hybridized carbons (Fsp3) is 0.310. The Morgan fingerprint density at radius 3 is 2.66 bits per heavy atom. The monoisotopic (exact) mass is 517 g/mol. The zero-order valence-electron chi connectivity index (χ0n) is 21.9. The average molecular weight is 518 g/mol. The third kappa shape index (κ3) is 8.06. The molecule has 1 saturated carbocycles. The lowest BCUT2D eigenvalue weighted by molar-refractivity contribution is -0.148. The van der Waals surface area contributed by atoms with E-state index in [-0.39, 0.29) is 30.2 Å². The van der Waals surface area contributed by atoms with E-state index in [1.165, 1.54) is 6.08 Å². The number of methoxy groups -OCH3 is 1. The van der Waals surface area contributed by atoms with Gasteiger partial charge in [0.1, 0.15) is 18.1 Å². The van der Waals surface area contributed by atoms with Gasteiger partial charge in [-0.05, 0) is 56.4 Å². The molecule has 0 aliphatic heterocycles. The van der Waals surface area contributed by atoms with Gasteiger partial charge in [-0.3, -0.25) is 9.59 Å².